The Hall–Kier alpha value is -1.69. The van der Waals surface area contributed by atoms with Crippen molar-refractivity contribution in [3.05, 3.63) is 16.3 Å². The molecule has 1 aliphatic rings. The molecule has 1 saturated heterocycles. The number of nitrogens with one attached hydrogen (secondary N) is 1. The molecular formula is C12H15ClN4O2. The molecule has 19 heavy (non-hydrogen) atoms. The highest BCUT2D eigenvalue weighted by Crippen LogP contribution is 2.26. The van der Waals surface area contributed by atoms with Crippen molar-refractivity contribution >= 4 is 29.2 Å². The first kappa shape index (κ1) is 13.7. The molecule has 102 valence electrons. The normalized spacial score (nSPS) is 19.6. The molecule has 0 spiro atoms. The monoisotopic (exact) mass is 282 g/mol. The second kappa shape index (κ2) is 5.13. The molecule has 7 heteroatoms. The number of hydrogen-bond donors (Lipinski definition) is 1. The summed E-state index contributed by atoms with van der Waals surface area (Å²) in [7, 11) is 0. The Morgan fingerprint density at radius 2 is 2.00 bits per heavy atom. The Labute approximate surface area is 116 Å². The largest absolute Gasteiger partial charge is 0.334 e. The van der Waals surface area contributed by atoms with Gasteiger partial charge < -0.3 is 4.90 Å². The van der Waals surface area contributed by atoms with E-state index in [1.165, 1.54) is 0 Å². The van der Waals surface area contributed by atoms with Crippen LogP contribution in [0.1, 0.15) is 24.5 Å². The van der Waals surface area contributed by atoms with E-state index in [0.717, 1.165) is 11.1 Å². The van der Waals surface area contributed by atoms with E-state index in [2.05, 4.69) is 15.5 Å². The van der Waals surface area contributed by atoms with E-state index in [9.17, 15) is 9.59 Å². The van der Waals surface area contributed by atoms with Crippen LogP contribution in [0.3, 0.4) is 0 Å². The van der Waals surface area contributed by atoms with Crippen LogP contribution in [0, 0.1) is 13.8 Å². The number of piperazine rings is 1. The van der Waals surface area contributed by atoms with E-state index >= 15 is 0 Å². The molecule has 2 heterocycles. The molecule has 6 nitrogen and oxygen atoms in total. The van der Waals surface area contributed by atoms with Crippen molar-refractivity contribution in [2.45, 2.75) is 33.2 Å². The third-order valence-electron chi connectivity index (χ3n) is 3.35. The van der Waals surface area contributed by atoms with Gasteiger partial charge in [0.2, 0.25) is 11.8 Å². The minimum absolute atomic E-state index is 0.0981. The predicted molar refractivity (Wildman–Crippen MR) is 71.1 cm³/mol. The number of amides is 2. The van der Waals surface area contributed by atoms with Crippen molar-refractivity contribution in [2.24, 2.45) is 0 Å². The fraction of sp³-hybridized carbons (Fsp3) is 0.500. The van der Waals surface area contributed by atoms with Gasteiger partial charge in [0.1, 0.15) is 6.04 Å². The van der Waals surface area contributed by atoms with E-state index in [0.29, 0.717) is 17.4 Å². The number of aromatic nitrogens is 2. The average molecular weight is 283 g/mol. The van der Waals surface area contributed by atoms with Crippen LogP contribution < -0.4 is 10.2 Å². The van der Waals surface area contributed by atoms with E-state index in [4.69, 9.17) is 11.6 Å². The number of imide groups is 1. The van der Waals surface area contributed by atoms with E-state index < -0.39 is 6.04 Å². The summed E-state index contributed by atoms with van der Waals surface area (Å²) < 4.78 is 0. The molecule has 1 aromatic rings. The van der Waals surface area contributed by atoms with Gasteiger partial charge >= 0.3 is 0 Å². The SMILES string of the molecule is CCC1C(=O)NC(=O)CN1c1nnc(Cl)c(C)c1C. The molecular weight excluding hydrogens is 268 g/mol. The van der Waals surface area contributed by atoms with Gasteiger partial charge in [-0.05, 0) is 31.4 Å². The summed E-state index contributed by atoms with van der Waals surface area (Å²) in [6, 6.07) is -0.411. The molecule has 2 amide bonds. The lowest BCUT2D eigenvalue weighted by atomic mass is 10.1. The number of anilines is 1. The summed E-state index contributed by atoms with van der Waals surface area (Å²) >= 11 is 5.91. The summed E-state index contributed by atoms with van der Waals surface area (Å²) in [4.78, 5) is 25.1. The molecule has 1 fully saturated rings. The van der Waals surface area contributed by atoms with Gasteiger partial charge in [-0.2, -0.15) is 0 Å². The minimum atomic E-state index is -0.411. The molecule has 0 bridgehead atoms. The van der Waals surface area contributed by atoms with Crippen LogP contribution in [-0.2, 0) is 9.59 Å². The average Bonchev–Trinajstić information content (AvgIpc) is 2.35. The Bertz CT molecular complexity index is 547. The van der Waals surface area contributed by atoms with Crippen LogP contribution in [0.25, 0.3) is 0 Å². The topological polar surface area (TPSA) is 75.2 Å². The molecule has 1 N–H and O–H groups in total. The molecule has 1 atom stereocenters. The van der Waals surface area contributed by atoms with E-state index in [1.807, 2.05) is 20.8 Å². The van der Waals surface area contributed by atoms with Crippen LogP contribution in [0.4, 0.5) is 5.82 Å². The Balaban J connectivity index is 2.46. The summed E-state index contributed by atoms with van der Waals surface area (Å²) in [5, 5.41) is 10.6. The zero-order chi connectivity index (χ0) is 14.2. The summed E-state index contributed by atoms with van der Waals surface area (Å²) in [5.74, 6) is -0.0898. The molecule has 1 aromatic heterocycles. The number of carbonyl (C=O) groups is 2. The third kappa shape index (κ3) is 2.40. The lowest BCUT2D eigenvalue weighted by Crippen LogP contribution is -2.58. The Morgan fingerprint density at radius 1 is 1.32 bits per heavy atom. The van der Waals surface area contributed by atoms with Crippen molar-refractivity contribution in [3.63, 3.8) is 0 Å². The van der Waals surface area contributed by atoms with Gasteiger partial charge in [0.15, 0.2) is 11.0 Å². The molecule has 0 saturated carbocycles. The molecule has 1 unspecified atom stereocenters. The van der Waals surface area contributed by atoms with Gasteiger partial charge in [0.25, 0.3) is 0 Å². The van der Waals surface area contributed by atoms with Crippen LogP contribution in [0.15, 0.2) is 0 Å². The van der Waals surface area contributed by atoms with Gasteiger partial charge in [-0.1, -0.05) is 18.5 Å². The standard InChI is InChI=1S/C12H15ClN4O2/c1-4-8-12(19)14-9(18)5-17(8)11-7(3)6(2)10(13)15-16-11/h8H,4-5H2,1-3H3,(H,14,18,19). The predicted octanol–water partition coefficient (Wildman–Crippen LogP) is 0.988. The van der Waals surface area contributed by atoms with Crippen LogP contribution >= 0.6 is 11.6 Å². The zero-order valence-corrected chi connectivity index (χ0v) is 11.8. The highest BCUT2D eigenvalue weighted by Gasteiger charge is 2.34. The second-order valence-corrected chi connectivity index (χ2v) is 4.89. The van der Waals surface area contributed by atoms with Crippen molar-refractivity contribution in [3.8, 4) is 0 Å². The summed E-state index contributed by atoms with van der Waals surface area (Å²) in [5.41, 5.74) is 1.64. The maximum Gasteiger partial charge on any atom is 0.249 e. The van der Waals surface area contributed by atoms with Gasteiger partial charge in [-0.15, -0.1) is 10.2 Å². The van der Waals surface area contributed by atoms with Gasteiger partial charge in [-0.3, -0.25) is 14.9 Å². The van der Waals surface area contributed by atoms with Crippen LogP contribution in [-0.4, -0.2) is 34.6 Å². The van der Waals surface area contributed by atoms with Crippen molar-refractivity contribution < 1.29 is 9.59 Å². The zero-order valence-electron chi connectivity index (χ0n) is 11.0. The maximum absolute atomic E-state index is 11.8. The van der Waals surface area contributed by atoms with E-state index in [1.54, 1.807) is 4.90 Å². The highest BCUT2D eigenvalue weighted by molar-refractivity contribution is 6.30. The molecule has 0 aromatic carbocycles. The quantitative estimate of drug-likeness (QED) is 0.819. The smallest absolute Gasteiger partial charge is 0.249 e. The highest BCUT2D eigenvalue weighted by atomic mass is 35.5. The van der Waals surface area contributed by atoms with Crippen LogP contribution in [0.2, 0.25) is 5.15 Å². The van der Waals surface area contributed by atoms with E-state index in [-0.39, 0.29) is 18.4 Å². The van der Waals surface area contributed by atoms with Crippen molar-refractivity contribution in [1.82, 2.24) is 15.5 Å². The minimum Gasteiger partial charge on any atom is -0.334 e. The molecule has 0 aliphatic carbocycles. The van der Waals surface area contributed by atoms with Gasteiger partial charge in [-0.25, -0.2) is 0 Å². The number of carbonyl (C=O) groups excluding carboxylic acids is 2. The van der Waals surface area contributed by atoms with Crippen molar-refractivity contribution in [2.75, 3.05) is 11.4 Å². The number of nitrogens with zero attached hydrogens (tertiary/aromatic N) is 3. The lowest BCUT2D eigenvalue weighted by molar-refractivity contribution is -0.132. The first-order valence-corrected chi connectivity index (χ1v) is 6.43. The van der Waals surface area contributed by atoms with Gasteiger partial charge in [0.05, 0.1) is 6.54 Å². The Morgan fingerprint density at radius 3 is 2.63 bits per heavy atom. The lowest BCUT2D eigenvalue weighted by Gasteiger charge is -2.34. The summed E-state index contributed by atoms with van der Waals surface area (Å²) in [6.07, 6.45) is 0.585. The maximum atomic E-state index is 11.8. The van der Waals surface area contributed by atoms with Crippen molar-refractivity contribution in [1.29, 1.82) is 0 Å². The Kier molecular flexibility index (Phi) is 3.71. The number of hydrogen-bond acceptors (Lipinski definition) is 5. The summed E-state index contributed by atoms with van der Waals surface area (Å²) in [6.45, 7) is 5.68. The number of halogens is 1. The number of rotatable bonds is 2. The fourth-order valence-corrected chi connectivity index (χ4v) is 2.31. The first-order valence-electron chi connectivity index (χ1n) is 6.05. The first-order chi connectivity index (χ1) is 8.95. The second-order valence-electron chi connectivity index (χ2n) is 4.53. The van der Waals surface area contributed by atoms with Gasteiger partial charge in [0, 0.05) is 0 Å². The molecule has 0 radical (unpaired) electrons. The molecule has 2 rings (SSSR count). The fourth-order valence-electron chi connectivity index (χ4n) is 2.13. The van der Waals surface area contributed by atoms with Crippen LogP contribution in [0.5, 0.6) is 0 Å². The molecule has 1 aliphatic heterocycles. The third-order valence-corrected chi connectivity index (χ3v) is 3.71.